The second-order valence-corrected chi connectivity index (χ2v) is 9.76. The van der Waals surface area contributed by atoms with Crippen molar-refractivity contribution in [2.24, 2.45) is 5.92 Å². The van der Waals surface area contributed by atoms with Crippen molar-refractivity contribution in [1.82, 2.24) is 0 Å². The van der Waals surface area contributed by atoms with Crippen molar-refractivity contribution in [2.75, 3.05) is 12.9 Å². The van der Waals surface area contributed by atoms with Crippen molar-refractivity contribution in [2.45, 2.75) is 75.2 Å². The lowest BCUT2D eigenvalue weighted by Gasteiger charge is -2.46. The van der Waals surface area contributed by atoms with Crippen molar-refractivity contribution >= 4 is 9.84 Å². The lowest BCUT2D eigenvalue weighted by Crippen LogP contribution is -2.52. The highest BCUT2D eigenvalue weighted by atomic mass is 32.2. The predicted molar refractivity (Wildman–Crippen MR) is 79.4 cm³/mol. The van der Waals surface area contributed by atoms with Crippen LogP contribution in [-0.4, -0.2) is 42.8 Å². The number of ether oxygens (including phenoxy) is 1. The summed E-state index contributed by atoms with van der Waals surface area (Å²) < 4.78 is 28.8. The smallest absolute Gasteiger partial charge is 0.155 e. The molecule has 0 radical (unpaired) electrons. The molecule has 1 N–H and O–H groups in total. The highest BCUT2D eigenvalue weighted by Gasteiger charge is 2.47. The zero-order valence-corrected chi connectivity index (χ0v) is 13.7. The van der Waals surface area contributed by atoms with Crippen LogP contribution in [0.1, 0.15) is 58.8 Å². The molecule has 2 aliphatic rings. The molecular weight excluding hydrogens is 276 g/mol. The zero-order chi connectivity index (χ0) is 15.0. The van der Waals surface area contributed by atoms with Gasteiger partial charge in [0.15, 0.2) is 9.84 Å². The van der Waals surface area contributed by atoms with E-state index >= 15 is 0 Å². The zero-order valence-electron chi connectivity index (χ0n) is 12.9. The minimum atomic E-state index is -3.28. The average molecular weight is 304 g/mol. The van der Waals surface area contributed by atoms with Gasteiger partial charge < -0.3 is 9.84 Å². The molecule has 1 saturated carbocycles. The first-order valence-corrected chi connectivity index (χ1v) is 9.59. The van der Waals surface area contributed by atoms with Gasteiger partial charge in [-0.25, -0.2) is 8.42 Å². The number of hydrogen-bond donors (Lipinski definition) is 1. The molecule has 0 aromatic rings. The minimum Gasteiger partial charge on any atom is -0.391 e. The van der Waals surface area contributed by atoms with E-state index in [2.05, 4.69) is 0 Å². The molecule has 2 rings (SSSR count). The first kappa shape index (κ1) is 16.2. The molecule has 1 aliphatic heterocycles. The highest BCUT2D eigenvalue weighted by Crippen LogP contribution is 2.43. The monoisotopic (exact) mass is 304 g/mol. The van der Waals surface area contributed by atoms with E-state index < -0.39 is 20.7 Å². The summed E-state index contributed by atoms with van der Waals surface area (Å²) in [4.78, 5) is 0. The summed E-state index contributed by atoms with van der Waals surface area (Å²) in [6, 6.07) is 0. The Balaban J connectivity index is 2.12. The molecule has 1 aliphatic carbocycles. The number of aliphatic hydroxyl groups excluding tert-OH is 1. The van der Waals surface area contributed by atoms with Crippen LogP contribution in [0.25, 0.3) is 0 Å². The van der Waals surface area contributed by atoms with Crippen LogP contribution >= 0.6 is 0 Å². The fraction of sp³-hybridized carbons (Fsp3) is 1.00. The van der Waals surface area contributed by atoms with Gasteiger partial charge in [0.05, 0.1) is 16.5 Å². The van der Waals surface area contributed by atoms with Crippen LogP contribution in [0.2, 0.25) is 0 Å². The predicted octanol–water partition coefficient (Wildman–Crippen LogP) is 2.30. The number of aliphatic hydroxyl groups is 1. The van der Waals surface area contributed by atoms with Gasteiger partial charge in [0.25, 0.3) is 0 Å². The summed E-state index contributed by atoms with van der Waals surface area (Å²) in [7, 11) is -3.28. The van der Waals surface area contributed by atoms with E-state index in [0.717, 1.165) is 25.7 Å². The Labute approximate surface area is 122 Å². The van der Waals surface area contributed by atoms with Crippen molar-refractivity contribution < 1.29 is 18.3 Å². The van der Waals surface area contributed by atoms with Crippen molar-refractivity contribution in [3.63, 3.8) is 0 Å². The van der Waals surface area contributed by atoms with Gasteiger partial charge in [-0.3, -0.25) is 0 Å². The van der Waals surface area contributed by atoms with Crippen molar-refractivity contribution in [3.8, 4) is 0 Å². The first-order chi connectivity index (χ1) is 9.18. The van der Waals surface area contributed by atoms with E-state index in [1.54, 1.807) is 13.8 Å². The number of sulfone groups is 1. The third-order valence-electron chi connectivity index (χ3n) is 5.41. The molecule has 1 heterocycles. The van der Waals surface area contributed by atoms with Crippen LogP contribution < -0.4 is 0 Å². The van der Waals surface area contributed by atoms with Crippen LogP contribution in [0, 0.1) is 5.92 Å². The summed E-state index contributed by atoms with van der Waals surface area (Å²) in [6.07, 6.45) is 7.66. The van der Waals surface area contributed by atoms with Crippen LogP contribution in [0.4, 0.5) is 0 Å². The maximum absolute atomic E-state index is 11.9. The Hall–Kier alpha value is -0.130. The third kappa shape index (κ3) is 3.04. The first-order valence-electron chi connectivity index (χ1n) is 7.70. The van der Waals surface area contributed by atoms with Gasteiger partial charge in [-0.1, -0.05) is 19.3 Å². The fourth-order valence-electron chi connectivity index (χ4n) is 3.67. The molecule has 2 atom stereocenters. The van der Waals surface area contributed by atoms with Crippen molar-refractivity contribution in [3.05, 3.63) is 0 Å². The van der Waals surface area contributed by atoms with Gasteiger partial charge >= 0.3 is 0 Å². The van der Waals surface area contributed by atoms with E-state index in [1.165, 1.54) is 25.5 Å². The molecule has 1 spiro atoms. The largest absolute Gasteiger partial charge is 0.391 e. The standard InChI is InChI=1S/C15H28O4S/c1-14(2,20(3,17)18)13(16)12-7-10-19-15(11-12)8-5-4-6-9-15/h12-13,16H,4-11H2,1-3H3. The SMILES string of the molecule is CC(C)(C(O)C1CCOC2(CCCCC2)C1)S(C)(=O)=O. The summed E-state index contributed by atoms with van der Waals surface area (Å²) in [5.41, 5.74) is -0.101. The molecule has 4 nitrogen and oxygen atoms in total. The van der Waals surface area contributed by atoms with E-state index in [-0.39, 0.29) is 11.5 Å². The molecule has 1 saturated heterocycles. The van der Waals surface area contributed by atoms with Crippen LogP contribution in [-0.2, 0) is 14.6 Å². The van der Waals surface area contributed by atoms with Crippen LogP contribution in [0.5, 0.6) is 0 Å². The molecule has 0 aromatic heterocycles. The highest BCUT2D eigenvalue weighted by molar-refractivity contribution is 7.92. The number of hydrogen-bond acceptors (Lipinski definition) is 4. The maximum atomic E-state index is 11.9. The second-order valence-electron chi connectivity index (χ2n) is 7.17. The van der Waals surface area contributed by atoms with E-state index in [9.17, 15) is 13.5 Å². The minimum absolute atomic E-state index is 0.0200. The Morgan fingerprint density at radius 3 is 2.40 bits per heavy atom. The molecule has 20 heavy (non-hydrogen) atoms. The van der Waals surface area contributed by atoms with Gasteiger partial charge in [0.2, 0.25) is 0 Å². The lowest BCUT2D eigenvalue weighted by molar-refractivity contribution is -0.136. The van der Waals surface area contributed by atoms with E-state index in [1.807, 2.05) is 0 Å². The number of rotatable bonds is 3. The maximum Gasteiger partial charge on any atom is 0.155 e. The lowest BCUT2D eigenvalue weighted by atomic mass is 9.73. The van der Waals surface area contributed by atoms with Gasteiger partial charge in [-0.15, -0.1) is 0 Å². The average Bonchev–Trinajstić information content (AvgIpc) is 2.37. The Morgan fingerprint density at radius 2 is 1.85 bits per heavy atom. The quantitative estimate of drug-likeness (QED) is 0.869. The molecule has 0 amide bonds. The van der Waals surface area contributed by atoms with Gasteiger partial charge in [-0.2, -0.15) is 0 Å². The van der Waals surface area contributed by atoms with Crippen LogP contribution in [0.3, 0.4) is 0 Å². The van der Waals surface area contributed by atoms with Gasteiger partial charge in [0, 0.05) is 12.9 Å². The Kier molecular flexibility index (Phi) is 4.53. The molecule has 2 fully saturated rings. The summed E-state index contributed by atoms with van der Waals surface area (Å²) >= 11 is 0. The second kappa shape index (κ2) is 5.58. The van der Waals surface area contributed by atoms with Gasteiger partial charge in [-0.05, 0) is 45.4 Å². The molecule has 0 bridgehead atoms. The van der Waals surface area contributed by atoms with Crippen LogP contribution in [0.15, 0.2) is 0 Å². The fourth-order valence-corrected chi connectivity index (χ4v) is 4.30. The van der Waals surface area contributed by atoms with Gasteiger partial charge in [0.1, 0.15) is 0 Å². The summed E-state index contributed by atoms with van der Waals surface area (Å²) in [6.45, 7) is 3.91. The Morgan fingerprint density at radius 1 is 1.25 bits per heavy atom. The molecule has 118 valence electrons. The molecular formula is C15H28O4S. The van der Waals surface area contributed by atoms with E-state index in [4.69, 9.17) is 4.74 Å². The summed E-state index contributed by atoms with van der Waals surface area (Å²) in [5, 5.41) is 10.6. The van der Waals surface area contributed by atoms with E-state index in [0.29, 0.717) is 6.61 Å². The molecule has 5 heteroatoms. The molecule has 0 aromatic carbocycles. The van der Waals surface area contributed by atoms with Crippen molar-refractivity contribution in [1.29, 1.82) is 0 Å². The third-order valence-corrected chi connectivity index (χ3v) is 7.56. The topological polar surface area (TPSA) is 63.6 Å². The Bertz CT molecular complexity index is 429. The summed E-state index contributed by atoms with van der Waals surface area (Å²) in [5.74, 6) is 0.0200. The normalized spacial score (nSPS) is 29.3. The molecule has 2 unspecified atom stereocenters.